The van der Waals surface area contributed by atoms with Crippen molar-refractivity contribution < 1.29 is 9.84 Å². The average Bonchev–Trinajstić information content (AvgIpc) is 2.40. The quantitative estimate of drug-likeness (QED) is 0.868. The second-order valence-electron chi connectivity index (χ2n) is 5.04. The minimum Gasteiger partial charge on any atom is -0.396 e. The number of hydrogen-bond acceptors (Lipinski definition) is 2. The summed E-state index contributed by atoms with van der Waals surface area (Å²) in [6.07, 6.45) is 3.42. The van der Waals surface area contributed by atoms with Crippen LogP contribution in [0.15, 0.2) is 30.3 Å². The van der Waals surface area contributed by atoms with E-state index in [4.69, 9.17) is 4.74 Å². The van der Waals surface area contributed by atoms with Gasteiger partial charge in [-0.1, -0.05) is 37.3 Å². The van der Waals surface area contributed by atoms with Gasteiger partial charge in [-0.2, -0.15) is 0 Å². The molecule has 0 saturated carbocycles. The standard InChI is InChI=1S/C15H22O2/c1-12(13-6-3-2-4-7-13)10-15-14(11-16)8-5-9-17-15/h2-4,6-7,12,14-16H,5,8-11H2,1H3. The zero-order valence-corrected chi connectivity index (χ0v) is 10.5. The van der Waals surface area contributed by atoms with Gasteiger partial charge in [-0.05, 0) is 30.7 Å². The molecule has 2 nitrogen and oxygen atoms in total. The Hall–Kier alpha value is -0.860. The Labute approximate surface area is 104 Å². The second kappa shape index (κ2) is 6.18. The summed E-state index contributed by atoms with van der Waals surface area (Å²) in [5.74, 6) is 0.822. The van der Waals surface area contributed by atoms with Gasteiger partial charge >= 0.3 is 0 Å². The number of aliphatic hydroxyl groups excluding tert-OH is 1. The summed E-state index contributed by atoms with van der Waals surface area (Å²) < 4.78 is 5.81. The maximum Gasteiger partial charge on any atom is 0.0630 e. The lowest BCUT2D eigenvalue weighted by atomic mass is 9.86. The van der Waals surface area contributed by atoms with Crippen molar-refractivity contribution >= 4 is 0 Å². The molecule has 1 N–H and O–H groups in total. The van der Waals surface area contributed by atoms with Crippen LogP contribution in [0.1, 0.15) is 37.7 Å². The number of aliphatic hydroxyl groups is 1. The lowest BCUT2D eigenvalue weighted by Gasteiger charge is -2.32. The van der Waals surface area contributed by atoms with E-state index in [0.717, 1.165) is 25.9 Å². The Morgan fingerprint density at radius 2 is 2.12 bits per heavy atom. The molecule has 0 radical (unpaired) electrons. The van der Waals surface area contributed by atoms with E-state index in [1.165, 1.54) is 5.56 Å². The molecule has 17 heavy (non-hydrogen) atoms. The average molecular weight is 234 g/mol. The third kappa shape index (κ3) is 3.30. The Balaban J connectivity index is 1.95. The third-order valence-electron chi connectivity index (χ3n) is 3.77. The van der Waals surface area contributed by atoms with Crippen molar-refractivity contribution in [3.63, 3.8) is 0 Å². The predicted molar refractivity (Wildman–Crippen MR) is 69.0 cm³/mol. The Morgan fingerprint density at radius 3 is 2.82 bits per heavy atom. The minimum atomic E-state index is 0.226. The molecule has 94 valence electrons. The number of rotatable bonds is 4. The second-order valence-corrected chi connectivity index (χ2v) is 5.04. The highest BCUT2D eigenvalue weighted by Crippen LogP contribution is 2.29. The largest absolute Gasteiger partial charge is 0.396 e. The van der Waals surface area contributed by atoms with Crippen LogP contribution in [0.5, 0.6) is 0 Å². The molecular weight excluding hydrogens is 212 g/mol. The third-order valence-corrected chi connectivity index (χ3v) is 3.77. The molecule has 2 heteroatoms. The van der Waals surface area contributed by atoms with E-state index >= 15 is 0 Å². The van der Waals surface area contributed by atoms with Crippen molar-refractivity contribution in [1.29, 1.82) is 0 Å². The summed E-state index contributed by atoms with van der Waals surface area (Å²) in [5.41, 5.74) is 1.36. The lowest BCUT2D eigenvalue weighted by Crippen LogP contribution is -2.33. The maximum atomic E-state index is 9.36. The van der Waals surface area contributed by atoms with E-state index in [1.54, 1.807) is 0 Å². The van der Waals surface area contributed by atoms with E-state index in [9.17, 15) is 5.11 Å². The van der Waals surface area contributed by atoms with Crippen molar-refractivity contribution in [3.8, 4) is 0 Å². The number of benzene rings is 1. The molecule has 0 aliphatic carbocycles. The van der Waals surface area contributed by atoms with Crippen LogP contribution in [-0.4, -0.2) is 24.4 Å². The van der Waals surface area contributed by atoms with Crippen LogP contribution in [0.2, 0.25) is 0 Å². The molecule has 2 rings (SSSR count). The first-order valence-electron chi connectivity index (χ1n) is 6.58. The van der Waals surface area contributed by atoms with Gasteiger partial charge in [0.15, 0.2) is 0 Å². The summed E-state index contributed by atoms with van der Waals surface area (Å²) in [6.45, 7) is 3.34. The monoisotopic (exact) mass is 234 g/mol. The molecular formula is C15H22O2. The molecule has 1 aliphatic heterocycles. The molecule has 1 aromatic carbocycles. The topological polar surface area (TPSA) is 29.5 Å². The molecule has 3 atom stereocenters. The number of hydrogen-bond donors (Lipinski definition) is 1. The first-order chi connectivity index (χ1) is 8.31. The van der Waals surface area contributed by atoms with Crippen LogP contribution in [-0.2, 0) is 4.74 Å². The van der Waals surface area contributed by atoms with Gasteiger partial charge in [0, 0.05) is 19.1 Å². The highest BCUT2D eigenvalue weighted by molar-refractivity contribution is 5.18. The van der Waals surface area contributed by atoms with Gasteiger partial charge in [-0.3, -0.25) is 0 Å². The summed E-state index contributed by atoms with van der Waals surface area (Å²) >= 11 is 0. The maximum absolute atomic E-state index is 9.36. The van der Waals surface area contributed by atoms with E-state index in [-0.39, 0.29) is 12.7 Å². The van der Waals surface area contributed by atoms with E-state index < -0.39 is 0 Å². The number of ether oxygens (including phenoxy) is 1. The van der Waals surface area contributed by atoms with Crippen molar-refractivity contribution in [3.05, 3.63) is 35.9 Å². The van der Waals surface area contributed by atoms with Gasteiger partial charge in [0.1, 0.15) is 0 Å². The van der Waals surface area contributed by atoms with Gasteiger partial charge in [0.25, 0.3) is 0 Å². The van der Waals surface area contributed by atoms with Gasteiger partial charge in [0.05, 0.1) is 6.10 Å². The first-order valence-corrected chi connectivity index (χ1v) is 6.58. The van der Waals surface area contributed by atoms with E-state index in [2.05, 4.69) is 31.2 Å². The van der Waals surface area contributed by atoms with Gasteiger partial charge < -0.3 is 9.84 Å². The van der Waals surface area contributed by atoms with Crippen LogP contribution in [0.25, 0.3) is 0 Å². The normalized spacial score (nSPS) is 26.7. The summed E-state index contributed by atoms with van der Waals surface area (Å²) in [6, 6.07) is 10.5. The molecule has 0 bridgehead atoms. The zero-order valence-electron chi connectivity index (χ0n) is 10.5. The summed E-state index contributed by atoms with van der Waals surface area (Å²) in [4.78, 5) is 0. The summed E-state index contributed by atoms with van der Waals surface area (Å²) in [7, 11) is 0. The highest BCUT2D eigenvalue weighted by Gasteiger charge is 2.27. The summed E-state index contributed by atoms with van der Waals surface area (Å²) in [5, 5.41) is 9.36. The molecule has 0 spiro atoms. The molecule has 3 unspecified atom stereocenters. The molecule has 0 amide bonds. The fourth-order valence-electron chi connectivity index (χ4n) is 2.64. The molecule has 0 aromatic heterocycles. The first kappa shape index (κ1) is 12.6. The molecule has 1 saturated heterocycles. The van der Waals surface area contributed by atoms with E-state index in [0.29, 0.717) is 11.8 Å². The lowest BCUT2D eigenvalue weighted by molar-refractivity contribution is -0.0500. The highest BCUT2D eigenvalue weighted by atomic mass is 16.5. The fourth-order valence-corrected chi connectivity index (χ4v) is 2.64. The minimum absolute atomic E-state index is 0.226. The van der Waals surface area contributed by atoms with Gasteiger partial charge in [-0.25, -0.2) is 0 Å². The van der Waals surface area contributed by atoms with Crippen LogP contribution < -0.4 is 0 Å². The van der Waals surface area contributed by atoms with Crippen molar-refractivity contribution in [2.45, 2.75) is 38.2 Å². The van der Waals surface area contributed by atoms with Crippen molar-refractivity contribution in [2.75, 3.05) is 13.2 Å². The van der Waals surface area contributed by atoms with Gasteiger partial charge in [-0.15, -0.1) is 0 Å². The molecule has 1 aromatic rings. The van der Waals surface area contributed by atoms with Crippen LogP contribution in [0.4, 0.5) is 0 Å². The van der Waals surface area contributed by atoms with Gasteiger partial charge in [0.2, 0.25) is 0 Å². The molecule has 1 heterocycles. The Morgan fingerprint density at radius 1 is 1.35 bits per heavy atom. The zero-order chi connectivity index (χ0) is 12.1. The predicted octanol–water partition coefficient (Wildman–Crippen LogP) is 2.97. The van der Waals surface area contributed by atoms with Crippen LogP contribution in [0, 0.1) is 5.92 Å². The van der Waals surface area contributed by atoms with Crippen molar-refractivity contribution in [1.82, 2.24) is 0 Å². The van der Waals surface area contributed by atoms with E-state index in [1.807, 2.05) is 6.07 Å². The SMILES string of the molecule is CC(CC1OCCCC1CO)c1ccccc1. The fraction of sp³-hybridized carbons (Fsp3) is 0.600. The molecule has 1 fully saturated rings. The Kier molecular flexibility index (Phi) is 4.57. The Bertz CT molecular complexity index is 323. The van der Waals surface area contributed by atoms with Crippen molar-refractivity contribution in [2.24, 2.45) is 5.92 Å². The van der Waals surface area contributed by atoms with Crippen LogP contribution in [0.3, 0.4) is 0 Å². The molecule has 1 aliphatic rings. The smallest absolute Gasteiger partial charge is 0.0630 e. The van der Waals surface area contributed by atoms with Crippen LogP contribution >= 0.6 is 0 Å².